The zero-order valence-corrected chi connectivity index (χ0v) is 13.2. The number of carboxylic acids is 1. The molecule has 4 rings (SSSR count). The average Bonchev–Trinajstić information content (AvgIpc) is 2.43. The van der Waals surface area contributed by atoms with Crippen molar-refractivity contribution in [1.29, 1.82) is 0 Å². The highest BCUT2D eigenvalue weighted by atomic mass is 16.4. The van der Waals surface area contributed by atoms with Gasteiger partial charge in [0.1, 0.15) is 6.54 Å². The van der Waals surface area contributed by atoms with Crippen LogP contribution in [0.1, 0.15) is 33.6 Å². The van der Waals surface area contributed by atoms with E-state index in [-0.39, 0.29) is 5.56 Å². The first kappa shape index (κ1) is 15.1. The number of hydrogen-bond donors (Lipinski definition) is 2. The van der Waals surface area contributed by atoms with Gasteiger partial charge in [-0.15, -0.1) is 0 Å². The van der Waals surface area contributed by atoms with E-state index in [2.05, 4.69) is 31.2 Å². The Balaban J connectivity index is 1.71. The summed E-state index contributed by atoms with van der Waals surface area (Å²) in [6.07, 6.45) is 3.97. The number of aliphatic carboxylic acids is 1. The smallest absolute Gasteiger partial charge is 0.325 e. The van der Waals surface area contributed by atoms with Crippen molar-refractivity contribution in [3.8, 4) is 0 Å². The second-order valence-corrected chi connectivity index (χ2v) is 7.34. The Hall–Kier alpha value is -1.85. The molecule has 22 heavy (non-hydrogen) atoms. The van der Waals surface area contributed by atoms with Crippen molar-refractivity contribution >= 4 is 11.7 Å². The molecule has 1 heterocycles. The van der Waals surface area contributed by atoms with Gasteiger partial charge in [0.05, 0.1) is 11.9 Å². The van der Waals surface area contributed by atoms with E-state index < -0.39 is 12.5 Å². The van der Waals surface area contributed by atoms with Crippen molar-refractivity contribution in [3.63, 3.8) is 0 Å². The largest absolute Gasteiger partial charge is 0.480 e. The normalized spacial score (nSPS) is 32.1. The third-order valence-electron chi connectivity index (χ3n) is 5.86. The predicted octanol–water partition coefficient (Wildman–Crippen LogP) is 1.81. The molecule has 3 saturated carbocycles. The summed E-state index contributed by atoms with van der Waals surface area (Å²) in [6.45, 7) is 6.58. The fourth-order valence-corrected chi connectivity index (χ4v) is 4.31. The molecule has 1 aromatic rings. The third-order valence-corrected chi connectivity index (χ3v) is 5.86. The molecule has 1 aromatic heterocycles. The van der Waals surface area contributed by atoms with Crippen LogP contribution in [-0.4, -0.2) is 26.9 Å². The van der Waals surface area contributed by atoms with Crippen LogP contribution in [0.4, 0.5) is 5.69 Å². The van der Waals surface area contributed by atoms with E-state index in [1.165, 1.54) is 12.5 Å². The van der Waals surface area contributed by atoms with Gasteiger partial charge in [-0.25, -0.2) is 4.68 Å². The summed E-state index contributed by atoms with van der Waals surface area (Å²) in [5.74, 6) is 0.954. The van der Waals surface area contributed by atoms with Crippen LogP contribution in [0.5, 0.6) is 0 Å². The van der Waals surface area contributed by atoms with Crippen molar-refractivity contribution in [3.05, 3.63) is 22.6 Å². The van der Waals surface area contributed by atoms with Gasteiger partial charge < -0.3 is 10.4 Å². The minimum Gasteiger partial charge on any atom is -0.480 e. The monoisotopic (exact) mass is 305 g/mol. The molecular formula is C16H23N3O3. The number of carbonyl (C=O) groups is 1. The zero-order valence-electron chi connectivity index (χ0n) is 13.2. The van der Waals surface area contributed by atoms with E-state index in [1.807, 2.05) is 0 Å². The van der Waals surface area contributed by atoms with Gasteiger partial charge in [-0.2, -0.15) is 5.10 Å². The van der Waals surface area contributed by atoms with Crippen LogP contribution in [0.25, 0.3) is 0 Å². The number of anilines is 1. The maximum Gasteiger partial charge on any atom is 0.325 e. The van der Waals surface area contributed by atoms with E-state index in [9.17, 15) is 9.59 Å². The van der Waals surface area contributed by atoms with E-state index in [4.69, 9.17) is 5.11 Å². The minimum absolute atomic E-state index is 0.355. The minimum atomic E-state index is -1.07. The van der Waals surface area contributed by atoms with Gasteiger partial charge in [0.2, 0.25) is 0 Å². The van der Waals surface area contributed by atoms with Crippen LogP contribution in [0.2, 0.25) is 0 Å². The summed E-state index contributed by atoms with van der Waals surface area (Å²) in [5, 5.41) is 16.1. The highest BCUT2D eigenvalue weighted by Gasteiger charge is 2.56. The van der Waals surface area contributed by atoms with E-state index in [0.29, 0.717) is 23.1 Å². The van der Waals surface area contributed by atoms with Crippen molar-refractivity contribution in [2.24, 2.45) is 23.2 Å². The second kappa shape index (κ2) is 5.11. The van der Waals surface area contributed by atoms with Gasteiger partial charge in [-0.05, 0) is 36.0 Å². The molecule has 6 nitrogen and oxygen atoms in total. The third kappa shape index (κ3) is 2.40. The number of hydrogen-bond acceptors (Lipinski definition) is 4. The SMILES string of the molecule is C[C@H]1[C@H]2C[C@H](C[C@H]1Nc1cnn(CC(=O)O)c(=O)c1)C2(C)C. The number of nitrogens with zero attached hydrogens (tertiary/aromatic N) is 2. The van der Waals surface area contributed by atoms with Gasteiger partial charge >= 0.3 is 5.97 Å². The van der Waals surface area contributed by atoms with Crippen molar-refractivity contribution in [2.75, 3.05) is 5.32 Å². The molecule has 0 aliphatic heterocycles. The summed E-state index contributed by atoms with van der Waals surface area (Å²) in [4.78, 5) is 22.5. The molecule has 0 unspecified atom stereocenters. The summed E-state index contributed by atoms with van der Waals surface area (Å²) in [7, 11) is 0. The number of nitrogens with one attached hydrogen (secondary N) is 1. The number of carboxylic acid groups (broad SMARTS) is 1. The van der Waals surface area contributed by atoms with E-state index >= 15 is 0 Å². The van der Waals surface area contributed by atoms with Crippen LogP contribution >= 0.6 is 0 Å². The lowest BCUT2D eigenvalue weighted by molar-refractivity contribution is -0.138. The summed E-state index contributed by atoms with van der Waals surface area (Å²) < 4.78 is 0.957. The molecule has 4 atom stereocenters. The van der Waals surface area contributed by atoms with Crippen LogP contribution in [0.15, 0.2) is 17.1 Å². The van der Waals surface area contributed by atoms with Gasteiger partial charge in [-0.3, -0.25) is 9.59 Å². The molecule has 0 saturated heterocycles. The van der Waals surface area contributed by atoms with Crippen molar-refractivity contribution < 1.29 is 9.90 Å². The first-order valence-electron chi connectivity index (χ1n) is 7.84. The number of fused-ring (bicyclic) bond motifs is 2. The molecule has 2 N–H and O–H groups in total. The fraction of sp³-hybridized carbons (Fsp3) is 0.688. The Morgan fingerprint density at radius 2 is 2.23 bits per heavy atom. The lowest BCUT2D eigenvalue weighted by Gasteiger charge is -2.62. The fourth-order valence-electron chi connectivity index (χ4n) is 4.31. The van der Waals surface area contributed by atoms with E-state index in [0.717, 1.165) is 22.9 Å². The Labute approximate surface area is 129 Å². The Morgan fingerprint density at radius 1 is 1.50 bits per heavy atom. The zero-order chi connectivity index (χ0) is 16.1. The van der Waals surface area contributed by atoms with Gasteiger partial charge in [0.15, 0.2) is 0 Å². The van der Waals surface area contributed by atoms with Crippen LogP contribution in [-0.2, 0) is 11.3 Å². The quantitative estimate of drug-likeness (QED) is 0.886. The van der Waals surface area contributed by atoms with Crippen LogP contribution < -0.4 is 10.9 Å². The Kier molecular flexibility index (Phi) is 3.50. The molecule has 3 fully saturated rings. The highest BCUT2D eigenvalue weighted by Crippen LogP contribution is 2.61. The van der Waals surface area contributed by atoms with Gasteiger partial charge in [-0.1, -0.05) is 20.8 Å². The first-order chi connectivity index (χ1) is 10.3. The average molecular weight is 305 g/mol. The molecule has 0 spiro atoms. The van der Waals surface area contributed by atoms with Crippen molar-refractivity contribution in [2.45, 2.75) is 46.2 Å². The van der Waals surface area contributed by atoms with Gasteiger partial charge in [0.25, 0.3) is 5.56 Å². The molecule has 0 aromatic carbocycles. The molecule has 0 amide bonds. The van der Waals surface area contributed by atoms with Crippen molar-refractivity contribution in [1.82, 2.24) is 9.78 Å². The predicted molar refractivity (Wildman–Crippen MR) is 82.7 cm³/mol. The molecular weight excluding hydrogens is 282 g/mol. The number of aromatic nitrogens is 2. The maximum atomic E-state index is 11.9. The summed E-state index contributed by atoms with van der Waals surface area (Å²) in [5.41, 5.74) is 0.727. The number of rotatable bonds is 4. The van der Waals surface area contributed by atoms with Crippen LogP contribution in [0.3, 0.4) is 0 Å². The molecule has 6 heteroatoms. The van der Waals surface area contributed by atoms with Crippen LogP contribution in [0, 0.1) is 23.2 Å². The first-order valence-corrected chi connectivity index (χ1v) is 7.84. The highest BCUT2D eigenvalue weighted by molar-refractivity contribution is 5.66. The van der Waals surface area contributed by atoms with E-state index in [1.54, 1.807) is 6.20 Å². The Bertz CT molecular complexity index is 652. The lowest BCUT2D eigenvalue weighted by atomic mass is 9.45. The molecule has 2 bridgehead atoms. The Morgan fingerprint density at radius 3 is 2.77 bits per heavy atom. The molecule has 3 aliphatic rings. The topological polar surface area (TPSA) is 84.2 Å². The second-order valence-electron chi connectivity index (χ2n) is 7.34. The standard InChI is InChI=1S/C16H23N3O3/c1-9-12-4-10(16(12,2)3)5-13(9)18-11-6-14(20)19(17-7-11)8-15(21)22/h6-7,9-10,12-13,18H,4-5,8H2,1-3H3,(H,21,22)/t9-,10+,12+,13+/m0/s1. The lowest BCUT2D eigenvalue weighted by Crippen LogP contribution is -2.58. The molecule has 0 radical (unpaired) electrons. The summed E-state index contributed by atoms with van der Waals surface area (Å²) >= 11 is 0. The van der Waals surface area contributed by atoms with Gasteiger partial charge in [0, 0.05) is 12.1 Å². The molecule has 3 aliphatic carbocycles. The maximum absolute atomic E-state index is 11.9. The summed E-state index contributed by atoms with van der Waals surface area (Å²) in [6, 6.07) is 1.79. The molecule has 120 valence electrons.